The molecule has 0 aliphatic carbocycles. The summed E-state index contributed by atoms with van der Waals surface area (Å²) in [5.41, 5.74) is 2.20. The number of phenols is 2. The van der Waals surface area contributed by atoms with Gasteiger partial charge in [-0.1, -0.05) is 40.9 Å². The Morgan fingerprint density at radius 2 is 1.60 bits per heavy atom. The molecular formula is C16H16Cl2N2O4S. The second kappa shape index (κ2) is 7.11. The number of nitrogens with zero attached hydrogens (tertiary/aromatic N) is 1. The van der Waals surface area contributed by atoms with E-state index < -0.39 is 21.5 Å². The van der Waals surface area contributed by atoms with Gasteiger partial charge in [0.05, 0.1) is 16.1 Å². The number of aromatic hydroxyl groups is 2. The molecule has 25 heavy (non-hydrogen) atoms. The van der Waals surface area contributed by atoms with E-state index in [1.165, 1.54) is 6.07 Å². The Hall–Kier alpha value is -1.96. The molecule has 3 N–H and O–H groups in total. The Morgan fingerprint density at radius 1 is 1.04 bits per heavy atom. The van der Waals surface area contributed by atoms with E-state index in [1.807, 2.05) is 6.92 Å². The highest BCUT2D eigenvalue weighted by atomic mass is 35.5. The first-order valence-corrected chi connectivity index (χ1v) is 9.31. The van der Waals surface area contributed by atoms with Gasteiger partial charge in [0.1, 0.15) is 10.8 Å². The topological polar surface area (TPSA) is 99.0 Å². The van der Waals surface area contributed by atoms with Crippen molar-refractivity contribution in [2.75, 3.05) is 0 Å². The van der Waals surface area contributed by atoms with Gasteiger partial charge in [0.25, 0.3) is 10.0 Å². The summed E-state index contributed by atoms with van der Waals surface area (Å²) in [6.45, 7) is 5.27. The number of aryl methyl sites for hydroxylation is 3. The highest BCUT2D eigenvalue weighted by Gasteiger charge is 2.19. The molecule has 0 saturated heterocycles. The standard InChI is InChI=1S/C16H16Cl2N2O4S/c1-8-4-9(2)16(10(3)5-8)25(23,24)20-19-7-11-6-12(17)15(22)13(18)14(11)21/h4-7,20-22H,1-3H3/b19-7+. The van der Waals surface area contributed by atoms with Crippen LogP contribution in [0.5, 0.6) is 11.5 Å². The molecule has 2 aromatic rings. The van der Waals surface area contributed by atoms with E-state index in [9.17, 15) is 18.6 Å². The molecule has 0 fully saturated rings. The Kier molecular flexibility index (Phi) is 5.51. The van der Waals surface area contributed by atoms with Gasteiger partial charge < -0.3 is 10.2 Å². The van der Waals surface area contributed by atoms with Crippen molar-refractivity contribution in [2.45, 2.75) is 25.7 Å². The normalized spacial score (nSPS) is 11.9. The monoisotopic (exact) mass is 402 g/mol. The van der Waals surface area contributed by atoms with Crippen LogP contribution in [0.4, 0.5) is 0 Å². The molecule has 134 valence electrons. The van der Waals surface area contributed by atoms with Gasteiger partial charge >= 0.3 is 0 Å². The molecule has 2 aromatic carbocycles. The quantitative estimate of drug-likeness (QED) is 0.536. The van der Waals surface area contributed by atoms with Gasteiger partial charge in [-0.05, 0) is 38.0 Å². The highest BCUT2D eigenvalue weighted by Crippen LogP contribution is 2.40. The molecule has 0 aliphatic rings. The molecular weight excluding hydrogens is 387 g/mol. The fourth-order valence-corrected chi connectivity index (χ4v) is 4.24. The lowest BCUT2D eigenvalue weighted by Gasteiger charge is -2.11. The molecule has 9 heteroatoms. The molecule has 0 heterocycles. The maximum atomic E-state index is 12.5. The van der Waals surface area contributed by atoms with Crippen molar-refractivity contribution in [2.24, 2.45) is 5.10 Å². The molecule has 0 atom stereocenters. The van der Waals surface area contributed by atoms with E-state index in [0.717, 1.165) is 11.8 Å². The minimum atomic E-state index is -3.89. The van der Waals surface area contributed by atoms with Crippen molar-refractivity contribution in [1.82, 2.24) is 4.83 Å². The first-order chi connectivity index (χ1) is 11.5. The summed E-state index contributed by atoms with van der Waals surface area (Å²) >= 11 is 11.5. The molecule has 0 saturated carbocycles. The molecule has 2 rings (SSSR count). The Morgan fingerprint density at radius 3 is 2.16 bits per heavy atom. The number of hydrazone groups is 1. The summed E-state index contributed by atoms with van der Waals surface area (Å²) in [6.07, 6.45) is 1.04. The van der Waals surface area contributed by atoms with Gasteiger partial charge in [0.15, 0.2) is 5.75 Å². The lowest BCUT2D eigenvalue weighted by atomic mass is 10.1. The van der Waals surface area contributed by atoms with Crippen LogP contribution in [0.25, 0.3) is 0 Å². The van der Waals surface area contributed by atoms with Crippen molar-refractivity contribution in [1.29, 1.82) is 0 Å². The van der Waals surface area contributed by atoms with E-state index >= 15 is 0 Å². The van der Waals surface area contributed by atoms with Crippen LogP contribution in [0.1, 0.15) is 22.3 Å². The summed E-state index contributed by atoms with van der Waals surface area (Å²) in [5, 5.41) is 22.6. The summed E-state index contributed by atoms with van der Waals surface area (Å²) < 4.78 is 24.9. The molecule has 0 radical (unpaired) electrons. The Bertz CT molecular complexity index is 950. The third-order valence-corrected chi connectivity index (χ3v) is 5.62. The average Bonchev–Trinajstić information content (AvgIpc) is 2.48. The molecule has 0 spiro atoms. The SMILES string of the molecule is Cc1cc(C)c(S(=O)(=O)N/N=C/c2cc(Cl)c(O)c(Cl)c2O)c(C)c1. The fourth-order valence-electron chi connectivity index (χ4n) is 2.52. The van der Waals surface area contributed by atoms with Gasteiger partial charge in [0, 0.05) is 5.56 Å². The predicted molar refractivity (Wildman–Crippen MR) is 98.4 cm³/mol. The lowest BCUT2D eigenvalue weighted by Crippen LogP contribution is -2.20. The first kappa shape index (κ1) is 19.4. The van der Waals surface area contributed by atoms with Crippen LogP contribution in [0.2, 0.25) is 10.0 Å². The third-order valence-electron chi connectivity index (χ3n) is 3.45. The molecule has 0 aliphatic heterocycles. The van der Waals surface area contributed by atoms with Gasteiger partial charge in [-0.15, -0.1) is 0 Å². The molecule has 0 aromatic heterocycles. The van der Waals surface area contributed by atoms with E-state index in [1.54, 1.807) is 26.0 Å². The maximum absolute atomic E-state index is 12.5. The zero-order chi connectivity index (χ0) is 18.9. The van der Waals surface area contributed by atoms with Crippen molar-refractivity contribution < 1.29 is 18.6 Å². The summed E-state index contributed by atoms with van der Waals surface area (Å²) in [5.74, 6) is -0.932. The predicted octanol–water partition coefficient (Wildman–Crippen LogP) is 3.64. The van der Waals surface area contributed by atoms with E-state index in [0.29, 0.717) is 11.1 Å². The molecule has 0 bridgehead atoms. The van der Waals surface area contributed by atoms with Gasteiger partial charge in [-0.25, -0.2) is 4.83 Å². The van der Waals surface area contributed by atoms with Crippen molar-refractivity contribution in [3.8, 4) is 11.5 Å². The van der Waals surface area contributed by atoms with Crippen LogP contribution in [0.15, 0.2) is 28.2 Å². The Balaban J connectivity index is 2.34. The molecule has 0 amide bonds. The number of halogens is 2. The highest BCUT2D eigenvalue weighted by molar-refractivity contribution is 7.89. The van der Waals surface area contributed by atoms with Gasteiger partial charge in [-0.2, -0.15) is 13.5 Å². The number of rotatable bonds is 4. The minimum Gasteiger partial charge on any atom is -0.506 e. The summed E-state index contributed by atoms with van der Waals surface area (Å²) in [7, 11) is -3.89. The zero-order valence-corrected chi connectivity index (χ0v) is 16.0. The maximum Gasteiger partial charge on any atom is 0.277 e. The van der Waals surface area contributed by atoms with Crippen molar-refractivity contribution >= 4 is 39.4 Å². The van der Waals surface area contributed by atoms with Crippen LogP contribution in [-0.2, 0) is 10.0 Å². The number of phenolic OH excluding ortho intramolecular Hbond substituents is 2. The number of benzene rings is 2. The number of hydrogen-bond acceptors (Lipinski definition) is 5. The van der Waals surface area contributed by atoms with E-state index in [4.69, 9.17) is 23.2 Å². The lowest BCUT2D eigenvalue weighted by molar-refractivity contribution is 0.450. The molecule has 6 nitrogen and oxygen atoms in total. The largest absolute Gasteiger partial charge is 0.506 e. The van der Waals surface area contributed by atoms with Crippen LogP contribution < -0.4 is 4.83 Å². The second-order valence-electron chi connectivity index (χ2n) is 5.54. The van der Waals surface area contributed by atoms with Crippen LogP contribution >= 0.6 is 23.2 Å². The van der Waals surface area contributed by atoms with Crippen LogP contribution in [0, 0.1) is 20.8 Å². The van der Waals surface area contributed by atoms with Crippen LogP contribution in [-0.4, -0.2) is 24.8 Å². The molecule has 0 unspecified atom stereocenters. The second-order valence-corrected chi connectivity index (χ2v) is 7.92. The fraction of sp³-hybridized carbons (Fsp3) is 0.188. The third kappa shape index (κ3) is 4.00. The van der Waals surface area contributed by atoms with Crippen molar-refractivity contribution in [3.63, 3.8) is 0 Å². The number of hydrogen-bond donors (Lipinski definition) is 3. The van der Waals surface area contributed by atoms with E-state index in [-0.39, 0.29) is 20.5 Å². The Labute approximate surface area is 155 Å². The number of nitrogens with one attached hydrogen (secondary N) is 1. The first-order valence-electron chi connectivity index (χ1n) is 7.07. The van der Waals surface area contributed by atoms with Crippen LogP contribution in [0.3, 0.4) is 0 Å². The zero-order valence-electron chi connectivity index (χ0n) is 13.6. The number of sulfonamides is 1. The summed E-state index contributed by atoms with van der Waals surface area (Å²) in [6, 6.07) is 4.73. The average molecular weight is 403 g/mol. The van der Waals surface area contributed by atoms with Crippen molar-refractivity contribution in [3.05, 3.63) is 50.5 Å². The summed E-state index contributed by atoms with van der Waals surface area (Å²) in [4.78, 5) is 2.23. The smallest absolute Gasteiger partial charge is 0.277 e. The van der Waals surface area contributed by atoms with E-state index in [2.05, 4.69) is 9.93 Å². The minimum absolute atomic E-state index is 0.0489. The van der Waals surface area contributed by atoms with Gasteiger partial charge in [0.2, 0.25) is 0 Å². The van der Waals surface area contributed by atoms with Gasteiger partial charge in [-0.3, -0.25) is 0 Å².